The summed E-state index contributed by atoms with van der Waals surface area (Å²) in [6, 6.07) is 14.3. The number of hydrogen-bond acceptors (Lipinski definition) is 3. The van der Waals surface area contributed by atoms with Crippen LogP contribution in [0.15, 0.2) is 48.5 Å². The van der Waals surface area contributed by atoms with E-state index in [2.05, 4.69) is 10.2 Å². The van der Waals surface area contributed by atoms with Gasteiger partial charge in [0.1, 0.15) is 5.82 Å². The van der Waals surface area contributed by atoms with Gasteiger partial charge in [-0.15, -0.1) is 0 Å². The number of carbonyl (C=O) groups excluding carboxylic acids is 2. The first kappa shape index (κ1) is 18.5. The Labute approximate surface area is 164 Å². The molecule has 1 saturated heterocycles. The van der Waals surface area contributed by atoms with Crippen LogP contribution >= 0.6 is 0 Å². The van der Waals surface area contributed by atoms with Gasteiger partial charge in [-0.05, 0) is 48.7 Å². The molecule has 146 valence electrons. The highest BCUT2D eigenvalue weighted by molar-refractivity contribution is 5.96. The Morgan fingerprint density at radius 1 is 1.04 bits per heavy atom. The molecule has 2 aliphatic rings. The summed E-state index contributed by atoms with van der Waals surface area (Å²) in [6.45, 7) is 2.76. The summed E-state index contributed by atoms with van der Waals surface area (Å²) in [4.78, 5) is 28.9. The molecule has 0 aliphatic carbocycles. The molecule has 1 atom stereocenters. The average Bonchev–Trinajstić information content (AvgIpc) is 2.72. The number of nitrogens with one attached hydrogen (secondary N) is 1. The zero-order valence-corrected chi connectivity index (χ0v) is 15.7. The van der Waals surface area contributed by atoms with Gasteiger partial charge >= 0.3 is 0 Å². The van der Waals surface area contributed by atoms with Crippen LogP contribution in [0.5, 0.6) is 0 Å². The monoisotopic (exact) mass is 381 g/mol. The average molecular weight is 381 g/mol. The minimum absolute atomic E-state index is 0.00706. The summed E-state index contributed by atoms with van der Waals surface area (Å²) >= 11 is 0. The molecule has 0 spiro atoms. The van der Waals surface area contributed by atoms with Crippen molar-refractivity contribution in [3.05, 3.63) is 59.9 Å². The highest BCUT2D eigenvalue weighted by Gasteiger charge is 2.28. The molecular formula is C22H24FN3O2. The fraction of sp³-hybridized carbons (Fsp3) is 0.364. The largest absolute Gasteiger partial charge is 0.368 e. The van der Waals surface area contributed by atoms with Crippen LogP contribution in [0.4, 0.5) is 15.8 Å². The molecule has 1 N–H and O–H groups in total. The van der Waals surface area contributed by atoms with Gasteiger partial charge in [0.2, 0.25) is 11.8 Å². The number of anilines is 2. The molecule has 2 aromatic carbocycles. The molecule has 1 fully saturated rings. The van der Waals surface area contributed by atoms with E-state index in [9.17, 15) is 14.0 Å². The Hall–Kier alpha value is -2.89. The normalized spacial score (nSPS) is 19.2. The Bertz CT molecular complexity index is 860. The highest BCUT2D eigenvalue weighted by atomic mass is 19.1. The molecule has 1 unspecified atom stereocenters. The zero-order valence-electron chi connectivity index (χ0n) is 15.7. The maximum absolute atomic E-state index is 13.1. The van der Waals surface area contributed by atoms with Crippen LogP contribution in [0.3, 0.4) is 0 Å². The van der Waals surface area contributed by atoms with Crippen molar-refractivity contribution >= 4 is 23.2 Å². The number of carbonyl (C=O) groups is 2. The SMILES string of the molecule is O=C1Nc2ccccc2CC1CCC(=O)N1CCN(c2ccc(F)cc2)CC1. The molecular weight excluding hydrogens is 357 g/mol. The topological polar surface area (TPSA) is 52.7 Å². The fourth-order valence-electron chi connectivity index (χ4n) is 3.97. The Morgan fingerprint density at radius 2 is 1.75 bits per heavy atom. The molecule has 0 saturated carbocycles. The van der Waals surface area contributed by atoms with E-state index in [1.165, 1.54) is 12.1 Å². The third-order valence-corrected chi connectivity index (χ3v) is 5.64. The van der Waals surface area contributed by atoms with E-state index in [4.69, 9.17) is 0 Å². The van der Waals surface area contributed by atoms with Gasteiger partial charge in [-0.2, -0.15) is 0 Å². The lowest BCUT2D eigenvalue weighted by atomic mass is 9.89. The number of amides is 2. The second kappa shape index (κ2) is 8.00. The van der Waals surface area contributed by atoms with Crippen molar-refractivity contribution in [1.82, 2.24) is 4.90 Å². The van der Waals surface area contributed by atoms with Gasteiger partial charge in [-0.25, -0.2) is 4.39 Å². The Balaban J connectivity index is 1.27. The molecule has 0 aromatic heterocycles. The minimum atomic E-state index is -0.244. The summed E-state index contributed by atoms with van der Waals surface area (Å²) in [5.41, 5.74) is 2.99. The molecule has 0 radical (unpaired) electrons. The first-order valence-electron chi connectivity index (χ1n) is 9.77. The number of benzene rings is 2. The smallest absolute Gasteiger partial charge is 0.227 e. The molecule has 2 amide bonds. The fourth-order valence-corrected chi connectivity index (χ4v) is 3.97. The summed E-state index contributed by atoms with van der Waals surface area (Å²) in [5.74, 6) is -0.288. The number of nitrogens with zero attached hydrogens (tertiary/aromatic N) is 2. The van der Waals surface area contributed by atoms with Crippen molar-refractivity contribution in [1.29, 1.82) is 0 Å². The quantitative estimate of drug-likeness (QED) is 0.886. The number of para-hydroxylation sites is 1. The van der Waals surface area contributed by atoms with Gasteiger partial charge in [0.05, 0.1) is 0 Å². The minimum Gasteiger partial charge on any atom is -0.368 e. The van der Waals surface area contributed by atoms with Gasteiger partial charge in [0.15, 0.2) is 0 Å². The zero-order chi connectivity index (χ0) is 19.5. The maximum Gasteiger partial charge on any atom is 0.227 e. The van der Waals surface area contributed by atoms with Crippen molar-refractivity contribution in [2.24, 2.45) is 5.92 Å². The van der Waals surface area contributed by atoms with Crippen molar-refractivity contribution < 1.29 is 14.0 Å². The van der Waals surface area contributed by atoms with Crippen LogP contribution in [0, 0.1) is 11.7 Å². The van der Waals surface area contributed by atoms with Gasteiger partial charge in [0.25, 0.3) is 0 Å². The van der Waals surface area contributed by atoms with Crippen molar-refractivity contribution in [2.75, 3.05) is 36.4 Å². The van der Waals surface area contributed by atoms with Crippen LogP contribution in [0.25, 0.3) is 0 Å². The predicted octanol–water partition coefficient (Wildman–Crippen LogP) is 3.07. The third-order valence-electron chi connectivity index (χ3n) is 5.64. The molecule has 6 heteroatoms. The lowest BCUT2D eigenvalue weighted by Crippen LogP contribution is -2.49. The van der Waals surface area contributed by atoms with Crippen molar-refractivity contribution in [3.8, 4) is 0 Å². The summed E-state index contributed by atoms with van der Waals surface area (Å²) in [5, 5.41) is 2.94. The van der Waals surface area contributed by atoms with Crippen LogP contribution in [0.1, 0.15) is 18.4 Å². The van der Waals surface area contributed by atoms with Gasteiger partial charge in [0, 0.05) is 49.9 Å². The van der Waals surface area contributed by atoms with E-state index in [0.717, 1.165) is 30.0 Å². The molecule has 5 nitrogen and oxygen atoms in total. The predicted molar refractivity (Wildman–Crippen MR) is 107 cm³/mol. The maximum atomic E-state index is 13.1. The van der Waals surface area contributed by atoms with E-state index in [-0.39, 0.29) is 23.5 Å². The third kappa shape index (κ3) is 4.01. The molecule has 2 heterocycles. The number of hydrogen-bond donors (Lipinski definition) is 1. The van der Waals surface area contributed by atoms with E-state index >= 15 is 0 Å². The van der Waals surface area contributed by atoms with Crippen LogP contribution < -0.4 is 10.2 Å². The van der Waals surface area contributed by atoms with Gasteiger partial charge < -0.3 is 15.1 Å². The lowest BCUT2D eigenvalue weighted by molar-refractivity contribution is -0.132. The lowest BCUT2D eigenvalue weighted by Gasteiger charge is -2.36. The van der Waals surface area contributed by atoms with Crippen LogP contribution in [0.2, 0.25) is 0 Å². The summed E-state index contributed by atoms with van der Waals surface area (Å²) in [6.07, 6.45) is 1.64. The number of piperazine rings is 1. The number of rotatable bonds is 4. The first-order chi connectivity index (χ1) is 13.6. The standard InChI is InChI=1S/C22H24FN3O2/c23-18-6-8-19(9-7-18)25-11-13-26(14-12-25)21(27)10-5-17-15-16-3-1-2-4-20(16)24-22(17)28/h1-4,6-9,17H,5,10-15H2,(H,24,28). The van der Waals surface area contributed by atoms with E-state index in [0.29, 0.717) is 32.4 Å². The first-order valence-corrected chi connectivity index (χ1v) is 9.77. The summed E-state index contributed by atoms with van der Waals surface area (Å²) in [7, 11) is 0. The number of fused-ring (bicyclic) bond motifs is 1. The molecule has 0 bridgehead atoms. The highest BCUT2D eigenvalue weighted by Crippen LogP contribution is 2.28. The van der Waals surface area contributed by atoms with Crippen molar-refractivity contribution in [3.63, 3.8) is 0 Å². The van der Waals surface area contributed by atoms with E-state index in [1.54, 1.807) is 12.1 Å². The summed E-state index contributed by atoms with van der Waals surface area (Å²) < 4.78 is 13.1. The van der Waals surface area contributed by atoms with Crippen LogP contribution in [-0.4, -0.2) is 42.9 Å². The van der Waals surface area contributed by atoms with Crippen molar-refractivity contribution in [2.45, 2.75) is 19.3 Å². The molecule has 2 aromatic rings. The molecule has 28 heavy (non-hydrogen) atoms. The molecule has 4 rings (SSSR count). The van der Waals surface area contributed by atoms with Crippen LogP contribution in [-0.2, 0) is 16.0 Å². The van der Waals surface area contributed by atoms with E-state index < -0.39 is 0 Å². The second-order valence-electron chi connectivity index (χ2n) is 7.43. The number of halogens is 1. The second-order valence-corrected chi connectivity index (χ2v) is 7.43. The van der Waals surface area contributed by atoms with Gasteiger partial charge in [-0.3, -0.25) is 9.59 Å². The van der Waals surface area contributed by atoms with E-state index in [1.807, 2.05) is 29.2 Å². The molecule has 2 aliphatic heterocycles. The van der Waals surface area contributed by atoms with Gasteiger partial charge in [-0.1, -0.05) is 18.2 Å². The Kier molecular flexibility index (Phi) is 5.28. The Morgan fingerprint density at radius 3 is 2.50 bits per heavy atom.